The van der Waals surface area contributed by atoms with Crippen molar-refractivity contribution in [1.29, 1.82) is 0 Å². The highest BCUT2D eigenvalue weighted by Crippen LogP contribution is 2.36. The van der Waals surface area contributed by atoms with Gasteiger partial charge in [-0.05, 0) is 73.1 Å². The summed E-state index contributed by atoms with van der Waals surface area (Å²) in [6.45, 7) is 6.01. The van der Waals surface area contributed by atoms with E-state index in [4.69, 9.17) is 9.72 Å². The summed E-state index contributed by atoms with van der Waals surface area (Å²) < 4.78 is 5.56. The van der Waals surface area contributed by atoms with Crippen LogP contribution in [0.1, 0.15) is 53.2 Å². The number of likely N-dealkylation sites (tertiary alicyclic amines) is 1. The molecule has 8 nitrogen and oxygen atoms in total. The summed E-state index contributed by atoms with van der Waals surface area (Å²) in [6, 6.07) is 22.9. The fourth-order valence-corrected chi connectivity index (χ4v) is 7.29. The lowest BCUT2D eigenvalue weighted by molar-refractivity contribution is 0.0574. The van der Waals surface area contributed by atoms with Crippen LogP contribution in [0.2, 0.25) is 0 Å². The summed E-state index contributed by atoms with van der Waals surface area (Å²) in [5, 5.41) is 3.58. The number of carbonyl (C=O) groups excluding carboxylic acids is 2. The van der Waals surface area contributed by atoms with Gasteiger partial charge in [-0.3, -0.25) is 9.69 Å². The van der Waals surface area contributed by atoms with E-state index in [0.717, 1.165) is 81.5 Å². The van der Waals surface area contributed by atoms with E-state index in [1.807, 2.05) is 30.5 Å². The average Bonchev–Trinajstić information content (AvgIpc) is 3.38. The van der Waals surface area contributed by atoms with Crippen LogP contribution in [0.3, 0.4) is 0 Å². The summed E-state index contributed by atoms with van der Waals surface area (Å²) >= 11 is 1.59. The van der Waals surface area contributed by atoms with E-state index in [-0.39, 0.29) is 24.0 Å². The van der Waals surface area contributed by atoms with Crippen molar-refractivity contribution in [3.8, 4) is 0 Å². The Balaban J connectivity index is 1.04. The first-order valence-electron chi connectivity index (χ1n) is 15.4. The van der Waals surface area contributed by atoms with Gasteiger partial charge in [0.05, 0.1) is 6.04 Å². The SMILES string of the molecule is CNC(=O)c1ccc(Sc2ccc(CN3CCC(N4C(=O)N(CC5CCOCC5)CC4c4ccccc4)CC3)cn2)cc1. The minimum atomic E-state index is -0.0846. The molecule has 3 aromatic rings. The summed E-state index contributed by atoms with van der Waals surface area (Å²) in [5.41, 5.74) is 3.08. The number of benzene rings is 2. The lowest BCUT2D eigenvalue weighted by atomic mass is 9.98. The van der Waals surface area contributed by atoms with Gasteiger partial charge in [-0.15, -0.1) is 0 Å². The van der Waals surface area contributed by atoms with Crippen LogP contribution in [0.5, 0.6) is 0 Å². The Hall–Kier alpha value is -3.40. The van der Waals surface area contributed by atoms with Gasteiger partial charge in [-0.2, -0.15) is 0 Å². The van der Waals surface area contributed by atoms with Crippen LogP contribution in [0.4, 0.5) is 4.79 Å². The molecule has 226 valence electrons. The molecule has 6 rings (SSSR count). The van der Waals surface area contributed by atoms with Crippen LogP contribution in [0.25, 0.3) is 0 Å². The molecule has 1 aromatic heterocycles. The summed E-state index contributed by atoms with van der Waals surface area (Å²) in [7, 11) is 1.64. The minimum absolute atomic E-state index is 0.0846. The largest absolute Gasteiger partial charge is 0.381 e. The predicted octanol–water partition coefficient (Wildman–Crippen LogP) is 5.46. The van der Waals surface area contributed by atoms with Gasteiger partial charge in [0.25, 0.3) is 5.91 Å². The van der Waals surface area contributed by atoms with Crippen molar-refractivity contribution < 1.29 is 14.3 Å². The number of ether oxygens (including phenoxy) is 1. The van der Waals surface area contributed by atoms with Crippen molar-refractivity contribution in [3.05, 3.63) is 89.6 Å². The first kappa shape index (κ1) is 29.7. The van der Waals surface area contributed by atoms with Gasteiger partial charge in [-0.1, -0.05) is 48.2 Å². The molecule has 9 heteroatoms. The van der Waals surface area contributed by atoms with Crippen LogP contribution in [0.15, 0.2) is 82.8 Å². The van der Waals surface area contributed by atoms with E-state index in [9.17, 15) is 9.59 Å². The monoisotopic (exact) mass is 599 g/mol. The molecule has 3 amide bonds. The van der Waals surface area contributed by atoms with Gasteiger partial charge in [0, 0.05) is 75.7 Å². The smallest absolute Gasteiger partial charge is 0.320 e. The molecule has 43 heavy (non-hydrogen) atoms. The third-order valence-corrected chi connectivity index (χ3v) is 9.90. The second kappa shape index (κ2) is 13.9. The van der Waals surface area contributed by atoms with Gasteiger partial charge in [0.2, 0.25) is 0 Å². The number of nitrogens with zero attached hydrogens (tertiary/aromatic N) is 4. The molecule has 4 heterocycles. The normalized spacial score (nSPS) is 20.5. The topological polar surface area (TPSA) is 78.0 Å². The lowest BCUT2D eigenvalue weighted by Gasteiger charge is -2.39. The number of pyridine rings is 1. The zero-order valence-electron chi connectivity index (χ0n) is 24.9. The number of hydrogen-bond acceptors (Lipinski definition) is 6. The zero-order chi connectivity index (χ0) is 29.6. The van der Waals surface area contributed by atoms with Crippen molar-refractivity contribution in [1.82, 2.24) is 25.0 Å². The van der Waals surface area contributed by atoms with Gasteiger partial charge < -0.3 is 19.9 Å². The first-order valence-corrected chi connectivity index (χ1v) is 16.3. The van der Waals surface area contributed by atoms with E-state index in [1.54, 1.807) is 18.8 Å². The summed E-state index contributed by atoms with van der Waals surface area (Å²) in [4.78, 5) is 38.2. The van der Waals surface area contributed by atoms with Crippen LogP contribution in [-0.4, -0.2) is 84.1 Å². The third-order valence-electron chi connectivity index (χ3n) is 8.94. The molecule has 1 atom stereocenters. The van der Waals surface area contributed by atoms with Crippen molar-refractivity contribution in [2.24, 2.45) is 5.92 Å². The van der Waals surface area contributed by atoms with Gasteiger partial charge in [0.15, 0.2) is 0 Å². The Morgan fingerprint density at radius 1 is 0.977 bits per heavy atom. The molecular formula is C34H41N5O3S. The van der Waals surface area contributed by atoms with E-state index in [0.29, 0.717) is 11.5 Å². The second-order valence-corrected chi connectivity index (χ2v) is 12.9. The molecule has 0 spiro atoms. The number of urea groups is 1. The fraction of sp³-hybridized carbons (Fsp3) is 0.441. The Bertz CT molecular complexity index is 1360. The van der Waals surface area contributed by atoms with Crippen molar-refractivity contribution in [3.63, 3.8) is 0 Å². The summed E-state index contributed by atoms with van der Waals surface area (Å²) in [5.74, 6) is 0.447. The average molecular weight is 600 g/mol. The molecule has 0 radical (unpaired) electrons. The fourth-order valence-electron chi connectivity index (χ4n) is 6.53. The molecule has 0 saturated carbocycles. The maximum Gasteiger partial charge on any atom is 0.320 e. The van der Waals surface area contributed by atoms with Crippen LogP contribution >= 0.6 is 11.8 Å². The highest BCUT2D eigenvalue weighted by molar-refractivity contribution is 7.99. The number of aromatic nitrogens is 1. The number of rotatable bonds is 9. The second-order valence-electron chi connectivity index (χ2n) is 11.8. The highest BCUT2D eigenvalue weighted by Gasteiger charge is 2.43. The van der Waals surface area contributed by atoms with E-state index < -0.39 is 0 Å². The maximum atomic E-state index is 13.8. The highest BCUT2D eigenvalue weighted by atomic mass is 32.2. The van der Waals surface area contributed by atoms with Crippen molar-refractivity contribution >= 4 is 23.7 Å². The molecule has 3 aliphatic rings. The van der Waals surface area contributed by atoms with Gasteiger partial charge >= 0.3 is 6.03 Å². The van der Waals surface area contributed by atoms with Crippen molar-refractivity contribution in [2.45, 2.75) is 54.2 Å². The number of nitrogens with one attached hydrogen (secondary N) is 1. The van der Waals surface area contributed by atoms with Gasteiger partial charge in [0.1, 0.15) is 5.03 Å². The van der Waals surface area contributed by atoms with Crippen LogP contribution < -0.4 is 5.32 Å². The quantitative estimate of drug-likeness (QED) is 0.352. The number of piperidine rings is 1. The van der Waals surface area contributed by atoms with Crippen LogP contribution in [0, 0.1) is 5.92 Å². The zero-order valence-corrected chi connectivity index (χ0v) is 25.7. The molecule has 0 aliphatic carbocycles. The standard InChI is InChI=1S/C34H41N5O3S/c1-35-33(40)28-8-10-30(11-9-28)43-32-12-7-26(21-36-32)22-37-17-13-29(14-18-37)39-31(27-5-3-2-4-6-27)24-38(34(39)41)23-25-15-19-42-20-16-25/h2-12,21,25,29,31H,13-20,22-24H2,1H3,(H,35,40). The minimum Gasteiger partial charge on any atom is -0.381 e. The number of amides is 3. The summed E-state index contributed by atoms with van der Waals surface area (Å²) in [6.07, 6.45) is 6.01. The predicted molar refractivity (Wildman–Crippen MR) is 168 cm³/mol. The maximum absolute atomic E-state index is 13.8. The van der Waals surface area contributed by atoms with Crippen molar-refractivity contribution in [2.75, 3.05) is 46.4 Å². The Labute approximate surface area is 258 Å². The number of hydrogen-bond donors (Lipinski definition) is 1. The molecule has 1 N–H and O–H groups in total. The molecule has 1 unspecified atom stereocenters. The Kier molecular flexibility index (Phi) is 9.61. The molecular weight excluding hydrogens is 558 g/mol. The molecule has 0 bridgehead atoms. The molecule has 2 aromatic carbocycles. The van der Waals surface area contributed by atoms with E-state index in [1.165, 1.54) is 11.1 Å². The molecule has 3 saturated heterocycles. The van der Waals surface area contributed by atoms with Gasteiger partial charge in [-0.25, -0.2) is 9.78 Å². The van der Waals surface area contributed by atoms with E-state index in [2.05, 4.69) is 62.5 Å². The number of carbonyl (C=O) groups is 2. The van der Waals surface area contributed by atoms with E-state index >= 15 is 0 Å². The molecule has 3 fully saturated rings. The third kappa shape index (κ3) is 7.22. The molecule has 3 aliphatic heterocycles. The van der Waals surface area contributed by atoms with Crippen LogP contribution in [-0.2, 0) is 11.3 Å². The lowest BCUT2D eigenvalue weighted by Crippen LogP contribution is -2.47. The Morgan fingerprint density at radius 3 is 2.40 bits per heavy atom. The first-order chi connectivity index (χ1) is 21.1. The Morgan fingerprint density at radius 2 is 1.72 bits per heavy atom.